The van der Waals surface area contributed by atoms with Crippen LogP contribution in [-0.2, 0) is 11.2 Å². The smallest absolute Gasteiger partial charge is 0.314 e. The molecule has 1 aromatic heterocycles. The third-order valence-corrected chi connectivity index (χ3v) is 3.31. The van der Waals surface area contributed by atoms with Crippen LogP contribution < -0.4 is 0 Å². The van der Waals surface area contributed by atoms with Crippen molar-refractivity contribution in [3.63, 3.8) is 0 Å². The zero-order valence-electron chi connectivity index (χ0n) is 10.7. The fourth-order valence-electron chi connectivity index (χ4n) is 1.58. The van der Waals surface area contributed by atoms with Gasteiger partial charge >= 0.3 is 5.97 Å². The summed E-state index contributed by atoms with van der Waals surface area (Å²) >= 11 is 1.06. The normalized spacial score (nSPS) is 10.7. The fraction of sp³-hybridized carbons (Fsp3) is 0.750. The molecule has 0 bridgehead atoms. The van der Waals surface area contributed by atoms with Gasteiger partial charge in [-0.25, -0.2) is 0 Å². The first-order valence-electron chi connectivity index (χ1n) is 6.39. The largest absolute Gasteiger partial charge is 0.481 e. The molecule has 0 saturated carbocycles. The van der Waals surface area contributed by atoms with E-state index in [1.165, 1.54) is 32.1 Å². The highest BCUT2D eigenvalue weighted by Gasteiger charge is 2.08. The maximum Gasteiger partial charge on any atom is 0.314 e. The summed E-state index contributed by atoms with van der Waals surface area (Å²) in [5.74, 6) is -0.312. The maximum absolute atomic E-state index is 10.4. The molecule has 0 aliphatic heterocycles. The van der Waals surface area contributed by atoms with Crippen molar-refractivity contribution in [3.05, 3.63) is 5.89 Å². The Morgan fingerprint density at radius 3 is 2.67 bits per heavy atom. The topological polar surface area (TPSA) is 76.2 Å². The first-order valence-corrected chi connectivity index (χ1v) is 7.38. The van der Waals surface area contributed by atoms with E-state index in [4.69, 9.17) is 9.52 Å². The molecule has 1 N–H and O–H groups in total. The van der Waals surface area contributed by atoms with Gasteiger partial charge in [-0.05, 0) is 6.42 Å². The lowest BCUT2D eigenvalue weighted by molar-refractivity contribution is -0.133. The number of carboxylic acids is 1. The second-order valence-electron chi connectivity index (χ2n) is 4.16. The predicted molar refractivity (Wildman–Crippen MR) is 69.7 cm³/mol. The maximum atomic E-state index is 10.4. The zero-order valence-corrected chi connectivity index (χ0v) is 11.5. The summed E-state index contributed by atoms with van der Waals surface area (Å²) in [6, 6.07) is 0. The summed E-state index contributed by atoms with van der Waals surface area (Å²) < 4.78 is 5.34. The molecule has 0 unspecified atom stereocenters. The lowest BCUT2D eigenvalue weighted by atomic mass is 10.1. The van der Waals surface area contributed by atoms with Gasteiger partial charge in [0.15, 0.2) is 0 Å². The van der Waals surface area contributed by atoms with Crippen LogP contribution in [0.4, 0.5) is 0 Å². The van der Waals surface area contributed by atoms with Crippen LogP contribution in [0.3, 0.4) is 0 Å². The molecule has 0 fully saturated rings. The molecule has 18 heavy (non-hydrogen) atoms. The first-order chi connectivity index (χ1) is 8.72. The lowest BCUT2D eigenvalue weighted by Gasteiger charge is -1.97. The molecule has 1 rings (SSSR count). The molecule has 1 heterocycles. The van der Waals surface area contributed by atoms with Gasteiger partial charge in [-0.1, -0.05) is 50.8 Å². The standard InChI is InChI=1S/C12H20N2O3S/c1-2-3-4-5-6-7-8-10-13-14-12(17-10)18-9-11(15)16/h2-9H2,1H3,(H,15,16). The minimum atomic E-state index is -0.879. The molecule has 0 aliphatic rings. The van der Waals surface area contributed by atoms with Gasteiger partial charge in [-0.3, -0.25) is 4.79 Å². The monoisotopic (exact) mass is 272 g/mol. The summed E-state index contributed by atoms with van der Waals surface area (Å²) in [6.07, 6.45) is 8.12. The van der Waals surface area contributed by atoms with E-state index in [9.17, 15) is 4.79 Å². The lowest BCUT2D eigenvalue weighted by Crippen LogP contribution is -1.97. The van der Waals surface area contributed by atoms with E-state index >= 15 is 0 Å². The van der Waals surface area contributed by atoms with Crippen LogP contribution in [0.25, 0.3) is 0 Å². The van der Waals surface area contributed by atoms with E-state index in [1.54, 1.807) is 0 Å². The number of carboxylic acid groups (broad SMARTS) is 1. The summed E-state index contributed by atoms with van der Waals surface area (Å²) in [7, 11) is 0. The SMILES string of the molecule is CCCCCCCCc1nnc(SCC(=O)O)o1. The van der Waals surface area contributed by atoms with E-state index in [0.29, 0.717) is 11.1 Å². The average Bonchev–Trinajstić information content (AvgIpc) is 2.79. The highest BCUT2D eigenvalue weighted by Crippen LogP contribution is 2.17. The minimum Gasteiger partial charge on any atom is -0.481 e. The Bertz CT molecular complexity index is 355. The second kappa shape index (κ2) is 8.97. The predicted octanol–water partition coefficient (Wildman–Crippen LogP) is 3.15. The van der Waals surface area contributed by atoms with E-state index in [-0.39, 0.29) is 5.75 Å². The fourth-order valence-corrected chi connectivity index (χ4v) is 2.08. The number of carbonyl (C=O) groups is 1. The number of unbranched alkanes of at least 4 members (excludes halogenated alkanes) is 5. The molecule has 0 amide bonds. The number of hydrogen-bond donors (Lipinski definition) is 1. The Hall–Kier alpha value is -1.04. The Kier molecular flexibility index (Phi) is 7.48. The Morgan fingerprint density at radius 2 is 1.94 bits per heavy atom. The van der Waals surface area contributed by atoms with Crippen molar-refractivity contribution < 1.29 is 14.3 Å². The van der Waals surface area contributed by atoms with Crippen molar-refractivity contribution in [2.45, 2.75) is 57.1 Å². The van der Waals surface area contributed by atoms with Gasteiger partial charge < -0.3 is 9.52 Å². The second-order valence-corrected chi connectivity index (χ2v) is 5.09. The van der Waals surface area contributed by atoms with Crippen LogP contribution in [-0.4, -0.2) is 27.0 Å². The summed E-state index contributed by atoms with van der Waals surface area (Å²) in [5, 5.41) is 16.6. The molecule has 0 spiro atoms. The van der Waals surface area contributed by atoms with Crippen molar-refractivity contribution in [2.75, 3.05) is 5.75 Å². The van der Waals surface area contributed by atoms with Gasteiger partial charge in [-0.15, -0.1) is 10.2 Å². The van der Waals surface area contributed by atoms with Crippen molar-refractivity contribution in [3.8, 4) is 0 Å². The molecule has 1 aromatic rings. The molecule has 0 atom stereocenters. The van der Waals surface area contributed by atoms with Crippen LogP contribution in [0, 0.1) is 0 Å². The van der Waals surface area contributed by atoms with Crippen molar-refractivity contribution in [1.29, 1.82) is 0 Å². The molecule has 0 radical (unpaired) electrons. The molecule has 6 heteroatoms. The molecule has 0 saturated heterocycles. The van der Waals surface area contributed by atoms with Gasteiger partial charge in [0.25, 0.3) is 5.22 Å². The van der Waals surface area contributed by atoms with Crippen LogP contribution in [0.1, 0.15) is 51.3 Å². The summed E-state index contributed by atoms with van der Waals surface area (Å²) in [5.41, 5.74) is 0. The summed E-state index contributed by atoms with van der Waals surface area (Å²) in [4.78, 5) is 10.4. The van der Waals surface area contributed by atoms with Crippen molar-refractivity contribution in [2.24, 2.45) is 0 Å². The van der Waals surface area contributed by atoms with Crippen LogP contribution in [0.2, 0.25) is 0 Å². The number of nitrogens with zero attached hydrogens (tertiary/aromatic N) is 2. The first kappa shape index (κ1) is 15.0. The third kappa shape index (κ3) is 6.64. The van der Waals surface area contributed by atoms with E-state index in [0.717, 1.165) is 24.6 Å². The molecule has 5 nitrogen and oxygen atoms in total. The van der Waals surface area contributed by atoms with Crippen LogP contribution in [0.5, 0.6) is 0 Å². The highest BCUT2D eigenvalue weighted by atomic mass is 32.2. The van der Waals surface area contributed by atoms with E-state index < -0.39 is 5.97 Å². The molecular formula is C12H20N2O3S. The number of aryl methyl sites for hydroxylation is 1. The van der Waals surface area contributed by atoms with E-state index in [2.05, 4.69) is 17.1 Å². The number of hydrogen-bond acceptors (Lipinski definition) is 5. The minimum absolute atomic E-state index is 0.0430. The van der Waals surface area contributed by atoms with Gasteiger partial charge in [-0.2, -0.15) is 0 Å². The van der Waals surface area contributed by atoms with Gasteiger partial charge in [0.1, 0.15) is 5.75 Å². The van der Waals surface area contributed by atoms with Crippen molar-refractivity contribution >= 4 is 17.7 Å². The number of aromatic nitrogens is 2. The summed E-state index contributed by atoms with van der Waals surface area (Å²) in [6.45, 7) is 2.20. The number of aliphatic carboxylic acids is 1. The van der Waals surface area contributed by atoms with Crippen LogP contribution >= 0.6 is 11.8 Å². The quantitative estimate of drug-likeness (QED) is 0.521. The molecule has 0 aromatic carbocycles. The Morgan fingerprint density at radius 1 is 1.22 bits per heavy atom. The average molecular weight is 272 g/mol. The Balaban J connectivity index is 2.13. The number of rotatable bonds is 10. The molecule has 102 valence electrons. The molecule has 0 aliphatic carbocycles. The highest BCUT2D eigenvalue weighted by molar-refractivity contribution is 7.99. The Labute approximate surface area is 111 Å². The van der Waals surface area contributed by atoms with Gasteiger partial charge in [0.05, 0.1) is 0 Å². The van der Waals surface area contributed by atoms with Crippen molar-refractivity contribution in [1.82, 2.24) is 10.2 Å². The number of thioether (sulfide) groups is 1. The molecular weight excluding hydrogens is 252 g/mol. The van der Waals surface area contributed by atoms with Gasteiger partial charge in [0.2, 0.25) is 5.89 Å². The van der Waals surface area contributed by atoms with E-state index in [1.807, 2.05) is 0 Å². The van der Waals surface area contributed by atoms with Crippen LogP contribution in [0.15, 0.2) is 9.64 Å². The third-order valence-electron chi connectivity index (χ3n) is 2.51. The zero-order chi connectivity index (χ0) is 13.2. The van der Waals surface area contributed by atoms with Gasteiger partial charge in [0, 0.05) is 6.42 Å².